The third kappa shape index (κ3) is 4.41. The van der Waals surface area contributed by atoms with Crippen molar-refractivity contribution in [2.24, 2.45) is 0 Å². The molecule has 1 saturated heterocycles. The molecule has 4 nitrogen and oxygen atoms in total. The molecule has 0 aliphatic carbocycles. The molecule has 4 aromatic rings. The van der Waals surface area contributed by atoms with Crippen molar-refractivity contribution < 1.29 is 13.2 Å². The largest absolute Gasteiger partial charge is 0.416 e. The van der Waals surface area contributed by atoms with Crippen molar-refractivity contribution in [2.45, 2.75) is 31.6 Å². The Morgan fingerprint density at radius 1 is 0.943 bits per heavy atom. The van der Waals surface area contributed by atoms with Gasteiger partial charge in [0.25, 0.3) is 0 Å². The summed E-state index contributed by atoms with van der Waals surface area (Å²) in [6.45, 7) is 2.10. The summed E-state index contributed by atoms with van der Waals surface area (Å²) in [7, 11) is 0. The van der Waals surface area contributed by atoms with Gasteiger partial charge in [-0.1, -0.05) is 31.2 Å². The van der Waals surface area contributed by atoms with Gasteiger partial charge in [-0.2, -0.15) is 13.2 Å². The van der Waals surface area contributed by atoms with Gasteiger partial charge in [0.2, 0.25) is 0 Å². The summed E-state index contributed by atoms with van der Waals surface area (Å²) in [5.74, 6) is 0. The van der Waals surface area contributed by atoms with Gasteiger partial charge in [0, 0.05) is 29.5 Å². The Morgan fingerprint density at radius 3 is 2.43 bits per heavy atom. The van der Waals surface area contributed by atoms with E-state index in [0.29, 0.717) is 10.8 Å². The number of nitrogens with one attached hydrogen (secondary N) is 1. The molecular weight excluding hydrogens is 469 g/mol. The van der Waals surface area contributed by atoms with Crippen LogP contribution in [0.2, 0.25) is 0 Å². The fourth-order valence-corrected chi connectivity index (χ4v) is 4.87. The number of anilines is 1. The van der Waals surface area contributed by atoms with Gasteiger partial charge in [-0.15, -0.1) is 0 Å². The Balaban J connectivity index is 1.64. The van der Waals surface area contributed by atoms with Crippen molar-refractivity contribution in [3.63, 3.8) is 0 Å². The zero-order valence-electron chi connectivity index (χ0n) is 18.9. The number of halogens is 3. The summed E-state index contributed by atoms with van der Waals surface area (Å²) in [5.41, 5.74) is 3.44. The summed E-state index contributed by atoms with van der Waals surface area (Å²) in [6, 6.07) is 22.3. The van der Waals surface area contributed by atoms with Gasteiger partial charge >= 0.3 is 6.18 Å². The monoisotopic (exact) mass is 492 g/mol. The van der Waals surface area contributed by atoms with Crippen LogP contribution in [0.1, 0.15) is 41.5 Å². The van der Waals surface area contributed by atoms with Crippen LogP contribution in [0, 0.1) is 0 Å². The lowest BCUT2D eigenvalue weighted by Crippen LogP contribution is -2.30. The van der Waals surface area contributed by atoms with Crippen molar-refractivity contribution in [1.29, 1.82) is 0 Å². The fraction of sp³-hybridized carbons (Fsp3) is 0.185. The number of aryl methyl sites for hydroxylation is 1. The van der Waals surface area contributed by atoms with Gasteiger partial charge in [0.05, 0.1) is 17.3 Å². The molecule has 2 aromatic heterocycles. The van der Waals surface area contributed by atoms with Crippen LogP contribution in [0.15, 0.2) is 91.3 Å². The first kappa shape index (κ1) is 23.1. The van der Waals surface area contributed by atoms with E-state index >= 15 is 0 Å². The maximum Gasteiger partial charge on any atom is 0.416 e. The number of aromatic nitrogens is 2. The van der Waals surface area contributed by atoms with Crippen LogP contribution in [0.5, 0.6) is 0 Å². The lowest BCUT2D eigenvalue weighted by molar-refractivity contribution is -0.137. The molecule has 0 amide bonds. The highest BCUT2D eigenvalue weighted by Gasteiger charge is 2.42. The standard InChI is InChI=1S/C27H23F3N4S/c1-2-18-11-13-20(14-12-18)34-25(24(32-26(34)35)22-9-3-4-15-31-22)23-10-6-16-33(23)21-8-5-7-19(17-21)27(28,29)30/h3-17,24-25H,2H2,1H3,(H,32,35)/t24-,25-/m0/s1. The van der Waals surface area contributed by atoms with Crippen LogP contribution in [-0.4, -0.2) is 14.7 Å². The molecular formula is C27H23F3N4S. The third-order valence-electron chi connectivity index (χ3n) is 6.26. The van der Waals surface area contributed by atoms with Crippen LogP contribution in [0.25, 0.3) is 5.69 Å². The SMILES string of the molecule is CCc1ccc(N2C(=S)N[C@@H](c3ccccn3)[C@@H]2c2cccn2-c2cccc(C(F)(F)F)c2)cc1. The Hall–Kier alpha value is -3.65. The number of hydrogen-bond acceptors (Lipinski definition) is 2. The highest BCUT2D eigenvalue weighted by Crippen LogP contribution is 2.42. The van der Waals surface area contributed by atoms with Crippen LogP contribution >= 0.6 is 12.2 Å². The van der Waals surface area contributed by atoms with Gasteiger partial charge in [0.1, 0.15) is 6.04 Å². The molecule has 2 atom stereocenters. The molecule has 0 unspecified atom stereocenters. The quantitative estimate of drug-likeness (QED) is 0.317. The summed E-state index contributed by atoms with van der Waals surface area (Å²) >= 11 is 5.77. The van der Waals surface area contributed by atoms with E-state index in [4.69, 9.17) is 12.2 Å². The molecule has 3 heterocycles. The van der Waals surface area contributed by atoms with Crippen molar-refractivity contribution in [1.82, 2.24) is 14.9 Å². The van der Waals surface area contributed by atoms with Crippen LogP contribution in [0.4, 0.5) is 18.9 Å². The van der Waals surface area contributed by atoms with E-state index in [-0.39, 0.29) is 12.1 Å². The maximum atomic E-state index is 13.4. The number of pyridine rings is 1. The Labute approximate surface area is 207 Å². The fourth-order valence-electron chi connectivity index (χ4n) is 4.53. The summed E-state index contributed by atoms with van der Waals surface area (Å²) < 4.78 is 42.1. The molecule has 1 N–H and O–H groups in total. The van der Waals surface area contributed by atoms with Gasteiger partial charge < -0.3 is 14.8 Å². The van der Waals surface area contributed by atoms with E-state index in [0.717, 1.165) is 29.6 Å². The molecule has 1 aliphatic rings. The highest BCUT2D eigenvalue weighted by molar-refractivity contribution is 7.80. The zero-order chi connectivity index (χ0) is 24.6. The predicted molar refractivity (Wildman–Crippen MR) is 135 cm³/mol. The van der Waals surface area contributed by atoms with Crippen molar-refractivity contribution in [3.8, 4) is 5.69 Å². The van der Waals surface area contributed by atoms with E-state index in [9.17, 15) is 13.2 Å². The highest BCUT2D eigenvalue weighted by atomic mass is 32.1. The molecule has 8 heteroatoms. The first-order valence-corrected chi connectivity index (χ1v) is 11.7. The van der Waals surface area contributed by atoms with Crippen molar-refractivity contribution >= 4 is 23.0 Å². The average Bonchev–Trinajstić information content (AvgIpc) is 3.48. The molecule has 1 aliphatic heterocycles. The lowest BCUT2D eigenvalue weighted by Gasteiger charge is -2.29. The molecule has 0 radical (unpaired) electrons. The number of nitrogens with zero attached hydrogens (tertiary/aromatic N) is 3. The molecule has 35 heavy (non-hydrogen) atoms. The number of rotatable bonds is 5. The zero-order valence-corrected chi connectivity index (χ0v) is 19.7. The molecule has 0 saturated carbocycles. The third-order valence-corrected chi connectivity index (χ3v) is 6.57. The molecule has 178 valence electrons. The second kappa shape index (κ2) is 9.19. The second-order valence-corrected chi connectivity index (χ2v) is 8.75. The summed E-state index contributed by atoms with van der Waals surface area (Å²) in [4.78, 5) is 6.57. The number of benzene rings is 2. The molecule has 0 bridgehead atoms. The Morgan fingerprint density at radius 2 is 1.74 bits per heavy atom. The molecule has 1 fully saturated rings. The summed E-state index contributed by atoms with van der Waals surface area (Å²) in [6.07, 6.45) is -0.00751. The number of thiocarbonyl (C=S) groups is 1. The Bertz CT molecular complexity index is 1330. The first-order chi connectivity index (χ1) is 16.9. The number of hydrogen-bond donors (Lipinski definition) is 1. The van der Waals surface area contributed by atoms with Crippen LogP contribution < -0.4 is 10.2 Å². The van der Waals surface area contributed by atoms with E-state index in [1.807, 2.05) is 47.4 Å². The van der Waals surface area contributed by atoms with E-state index in [1.165, 1.54) is 17.7 Å². The van der Waals surface area contributed by atoms with Gasteiger partial charge in [-0.05, 0) is 78.8 Å². The minimum absolute atomic E-state index is 0.297. The predicted octanol–water partition coefficient (Wildman–Crippen LogP) is 6.63. The molecule has 0 spiro atoms. The summed E-state index contributed by atoms with van der Waals surface area (Å²) in [5, 5.41) is 3.94. The maximum absolute atomic E-state index is 13.4. The van der Waals surface area contributed by atoms with Crippen LogP contribution in [0.3, 0.4) is 0 Å². The topological polar surface area (TPSA) is 33.1 Å². The Kier molecular flexibility index (Phi) is 6.06. The van der Waals surface area contributed by atoms with E-state index < -0.39 is 11.7 Å². The lowest BCUT2D eigenvalue weighted by atomic mass is 10.0. The first-order valence-electron chi connectivity index (χ1n) is 11.3. The normalized spacial score (nSPS) is 18.1. The minimum Gasteiger partial charge on any atom is -0.351 e. The van der Waals surface area contributed by atoms with Gasteiger partial charge in [0.15, 0.2) is 5.11 Å². The van der Waals surface area contributed by atoms with Gasteiger partial charge in [-0.25, -0.2) is 0 Å². The second-order valence-electron chi connectivity index (χ2n) is 8.37. The molecule has 5 rings (SSSR count). The van der Waals surface area contributed by atoms with Gasteiger partial charge in [-0.3, -0.25) is 4.98 Å². The van der Waals surface area contributed by atoms with Crippen LogP contribution in [-0.2, 0) is 12.6 Å². The number of alkyl halides is 3. The van der Waals surface area contributed by atoms with Crippen molar-refractivity contribution in [2.75, 3.05) is 4.90 Å². The molecule has 2 aromatic carbocycles. The minimum atomic E-state index is -4.43. The van der Waals surface area contributed by atoms with E-state index in [1.54, 1.807) is 23.0 Å². The smallest absolute Gasteiger partial charge is 0.351 e. The van der Waals surface area contributed by atoms with Crippen molar-refractivity contribution in [3.05, 3.63) is 114 Å². The average molecular weight is 493 g/mol. The van der Waals surface area contributed by atoms with E-state index in [2.05, 4.69) is 29.4 Å².